The lowest BCUT2D eigenvalue weighted by Crippen LogP contribution is -2.47. The van der Waals surface area contributed by atoms with Crippen molar-refractivity contribution >= 4 is 45.6 Å². The number of para-hydroxylation sites is 1. The van der Waals surface area contributed by atoms with Crippen LogP contribution in [-0.4, -0.2) is 70.7 Å². The van der Waals surface area contributed by atoms with Crippen LogP contribution in [0.3, 0.4) is 0 Å². The Hall–Kier alpha value is -2.94. The highest BCUT2D eigenvalue weighted by Crippen LogP contribution is 2.31. The Morgan fingerprint density at radius 1 is 1.09 bits per heavy atom. The average molecular weight is 452 g/mol. The predicted octanol–water partition coefficient (Wildman–Crippen LogP) is 3.75. The van der Waals surface area contributed by atoms with E-state index < -0.39 is 0 Å². The summed E-state index contributed by atoms with van der Waals surface area (Å²) in [7, 11) is 1.75. The number of nitrogens with one attached hydrogen (secondary N) is 1. The second-order valence-corrected chi connectivity index (χ2v) is 8.41. The molecule has 4 heterocycles. The first-order chi connectivity index (χ1) is 15.6. The molecule has 1 fully saturated rings. The van der Waals surface area contributed by atoms with Crippen molar-refractivity contribution in [3.05, 3.63) is 53.4 Å². The van der Waals surface area contributed by atoms with Crippen LogP contribution in [0.1, 0.15) is 5.56 Å². The lowest BCUT2D eigenvalue weighted by molar-refractivity contribution is 0.144. The van der Waals surface area contributed by atoms with Gasteiger partial charge in [-0.25, -0.2) is 15.0 Å². The topological polar surface area (TPSA) is 70.8 Å². The van der Waals surface area contributed by atoms with Crippen molar-refractivity contribution in [3.8, 4) is 0 Å². The monoisotopic (exact) mass is 451 g/mol. The minimum atomic E-state index is 0.655. The predicted molar refractivity (Wildman–Crippen MR) is 128 cm³/mol. The first-order valence-corrected chi connectivity index (χ1v) is 11.1. The number of imidazole rings is 1. The van der Waals surface area contributed by atoms with Crippen LogP contribution in [0.2, 0.25) is 5.02 Å². The molecule has 4 aromatic rings. The largest absolute Gasteiger partial charge is 0.383 e. The average Bonchev–Trinajstić information content (AvgIpc) is 3.31. The van der Waals surface area contributed by atoms with E-state index in [1.807, 2.05) is 41.7 Å². The fraction of sp³-hybridized carbons (Fsp3) is 0.348. The molecule has 0 aliphatic carbocycles. The molecule has 0 unspecified atom stereocenters. The Kier molecular flexibility index (Phi) is 5.82. The van der Waals surface area contributed by atoms with Crippen LogP contribution in [0.4, 0.5) is 17.3 Å². The zero-order valence-electron chi connectivity index (χ0n) is 18.3. The van der Waals surface area contributed by atoms with E-state index in [-0.39, 0.29) is 0 Å². The van der Waals surface area contributed by atoms with Gasteiger partial charge in [-0.3, -0.25) is 9.30 Å². The van der Waals surface area contributed by atoms with Gasteiger partial charge in [-0.2, -0.15) is 0 Å². The molecular weight excluding hydrogens is 426 g/mol. The van der Waals surface area contributed by atoms with E-state index in [0.717, 1.165) is 73.1 Å². The van der Waals surface area contributed by atoms with E-state index in [0.29, 0.717) is 10.8 Å². The van der Waals surface area contributed by atoms with Gasteiger partial charge in [0.15, 0.2) is 11.5 Å². The van der Waals surface area contributed by atoms with Crippen molar-refractivity contribution in [1.29, 1.82) is 0 Å². The van der Waals surface area contributed by atoms with Crippen molar-refractivity contribution in [2.75, 3.05) is 56.7 Å². The molecule has 1 aliphatic heterocycles. The molecule has 5 rings (SSSR count). The number of benzene rings is 1. The highest BCUT2D eigenvalue weighted by atomic mass is 35.5. The highest BCUT2D eigenvalue weighted by molar-refractivity contribution is 6.33. The quantitative estimate of drug-likeness (QED) is 0.478. The molecule has 0 saturated carbocycles. The summed E-state index contributed by atoms with van der Waals surface area (Å²) in [5, 5.41) is 4.06. The van der Waals surface area contributed by atoms with Gasteiger partial charge < -0.3 is 15.0 Å². The van der Waals surface area contributed by atoms with E-state index in [1.54, 1.807) is 19.6 Å². The molecule has 0 radical (unpaired) electrons. The number of piperazine rings is 1. The molecule has 1 N–H and O–H groups in total. The molecular formula is C23H26ClN7O. The first kappa shape index (κ1) is 20.9. The van der Waals surface area contributed by atoms with Crippen molar-refractivity contribution in [1.82, 2.24) is 24.3 Å². The number of nitrogens with zero attached hydrogens (tertiary/aromatic N) is 6. The molecule has 166 valence electrons. The highest BCUT2D eigenvalue weighted by Gasteiger charge is 2.19. The number of hydrogen-bond donors (Lipinski definition) is 1. The molecule has 9 heteroatoms. The van der Waals surface area contributed by atoms with E-state index in [4.69, 9.17) is 26.3 Å². The van der Waals surface area contributed by atoms with Gasteiger partial charge in [-0.15, -0.1) is 0 Å². The summed E-state index contributed by atoms with van der Waals surface area (Å²) >= 11 is 6.43. The third-order valence-corrected chi connectivity index (χ3v) is 6.27. The van der Waals surface area contributed by atoms with Crippen molar-refractivity contribution in [2.45, 2.75) is 6.92 Å². The Morgan fingerprint density at radius 3 is 2.72 bits per heavy atom. The number of pyridine rings is 1. The number of aryl methyl sites for hydroxylation is 1. The van der Waals surface area contributed by atoms with E-state index in [1.165, 1.54) is 0 Å². The number of ether oxygens (including phenoxy) is 1. The number of halogens is 1. The maximum absolute atomic E-state index is 6.43. The molecule has 0 spiro atoms. The Morgan fingerprint density at radius 2 is 1.94 bits per heavy atom. The lowest BCUT2D eigenvalue weighted by Gasteiger charge is -2.35. The second-order valence-electron chi connectivity index (χ2n) is 8.00. The maximum atomic E-state index is 6.43. The minimum absolute atomic E-state index is 0.655. The van der Waals surface area contributed by atoms with Crippen LogP contribution in [0.5, 0.6) is 0 Å². The molecule has 1 saturated heterocycles. The minimum Gasteiger partial charge on any atom is -0.383 e. The number of hydrogen-bond acceptors (Lipinski definition) is 7. The van der Waals surface area contributed by atoms with Gasteiger partial charge in [-0.1, -0.05) is 23.7 Å². The summed E-state index contributed by atoms with van der Waals surface area (Å²) in [6.45, 7) is 7.63. The van der Waals surface area contributed by atoms with Crippen LogP contribution >= 0.6 is 11.6 Å². The number of aromatic nitrogens is 4. The van der Waals surface area contributed by atoms with E-state index >= 15 is 0 Å². The number of methoxy groups -OCH3 is 1. The lowest BCUT2D eigenvalue weighted by atomic mass is 10.2. The summed E-state index contributed by atoms with van der Waals surface area (Å²) < 4.78 is 7.18. The maximum Gasteiger partial charge on any atom is 0.166 e. The normalized spacial score (nSPS) is 15.0. The van der Waals surface area contributed by atoms with Gasteiger partial charge in [-0.05, 0) is 30.7 Å². The fourth-order valence-corrected chi connectivity index (χ4v) is 4.38. The molecule has 0 atom stereocenters. The summed E-state index contributed by atoms with van der Waals surface area (Å²) in [4.78, 5) is 18.9. The van der Waals surface area contributed by atoms with Crippen LogP contribution in [0.15, 0.2) is 42.9 Å². The third-order valence-electron chi connectivity index (χ3n) is 5.95. The van der Waals surface area contributed by atoms with Gasteiger partial charge in [0.05, 0.1) is 23.5 Å². The Labute approximate surface area is 191 Å². The summed E-state index contributed by atoms with van der Waals surface area (Å²) in [6.07, 6.45) is 3.58. The van der Waals surface area contributed by atoms with Crippen molar-refractivity contribution in [3.63, 3.8) is 0 Å². The standard InChI is InChI=1S/C23H26ClN7O/c1-16-4-3-5-17(24)21(16)28-22-19-14-25-15-31(19)23-18(26-22)6-7-20(27-23)30-10-8-29(9-11-30)12-13-32-2/h3-7,14-15H,8-13H2,1-2H3,(H,26,28). The molecule has 0 amide bonds. The zero-order valence-corrected chi connectivity index (χ0v) is 19.0. The smallest absolute Gasteiger partial charge is 0.166 e. The van der Waals surface area contributed by atoms with Gasteiger partial charge in [0.25, 0.3) is 0 Å². The van der Waals surface area contributed by atoms with Gasteiger partial charge in [0.2, 0.25) is 0 Å². The zero-order chi connectivity index (χ0) is 22.1. The molecule has 0 bridgehead atoms. The Balaban J connectivity index is 1.46. The second kappa shape index (κ2) is 8.90. The molecule has 32 heavy (non-hydrogen) atoms. The van der Waals surface area contributed by atoms with E-state index in [2.05, 4.69) is 20.1 Å². The van der Waals surface area contributed by atoms with Crippen molar-refractivity contribution < 1.29 is 4.74 Å². The summed E-state index contributed by atoms with van der Waals surface area (Å²) in [5.41, 5.74) is 4.34. The Bertz CT molecular complexity index is 1230. The van der Waals surface area contributed by atoms with Crippen LogP contribution < -0.4 is 10.2 Å². The number of anilines is 3. The third kappa shape index (κ3) is 3.97. The fourth-order valence-electron chi connectivity index (χ4n) is 4.11. The number of rotatable bonds is 6. The molecule has 1 aromatic carbocycles. The van der Waals surface area contributed by atoms with Crippen molar-refractivity contribution in [2.24, 2.45) is 0 Å². The van der Waals surface area contributed by atoms with Gasteiger partial charge >= 0.3 is 0 Å². The van der Waals surface area contributed by atoms with Gasteiger partial charge in [0.1, 0.15) is 23.2 Å². The molecule has 1 aliphatic rings. The SMILES string of the molecule is COCCN1CCN(c2ccc3nc(Nc4c(C)cccc4Cl)c4cncn4c3n2)CC1. The van der Waals surface area contributed by atoms with Crippen LogP contribution in [-0.2, 0) is 4.74 Å². The first-order valence-electron chi connectivity index (χ1n) is 10.8. The van der Waals surface area contributed by atoms with Crippen LogP contribution in [0.25, 0.3) is 16.7 Å². The number of fused-ring (bicyclic) bond motifs is 3. The molecule has 8 nitrogen and oxygen atoms in total. The van der Waals surface area contributed by atoms with Crippen LogP contribution in [0, 0.1) is 6.92 Å². The molecule has 3 aromatic heterocycles. The summed E-state index contributed by atoms with van der Waals surface area (Å²) in [6, 6.07) is 9.90. The summed E-state index contributed by atoms with van der Waals surface area (Å²) in [5.74, 6) is 1.66. The van der Waals surface area contributed by atoms with Gasteiger partial charge in [0, 0.05) is 39.8 Å². The van der Waals surface area contributed by atoms with E-state index in [9.17, 15) is 0 Å².